The molecule has 29 heavy (non-hydrogen) atoms. The molecule has 1 heterocycles. The Balaban J connectivity index is 1.61. The lowest BCUT2D eigenvalue weighted by molar-refractivity contribution is -0.179. The first-order valence-corrected chi connectivity index (χ1v) is 10.4. The summed E-state index contributed by atoms with van der Waals surface area (Å²) < 4.78 is 54.0. The van der Waals surface area contributed by atoms with Crippen molar-refractivity contribution >= 4 is 16.4 Å². The van der Waals surface area contributed by atoms with E-state index in [1.165, 1.54) is 0 Å². The second-order valence-corrected chi connectivity index (χ2v) is 7.54. The highest BCUT2D eigenvalue weighted by atomic mass is 32.3. The molecule has 9 heteroatoms. The van der Waals surface area contributed by atoms with Crippen LogP contribution in [0.25, 0.3) is 0 Å². The molecule has 0 spiro atoms. The molecule has 2 aromatic carbocycles. The minimum atomic E-state index is -4.95. The van der Waals surface area contributed by atoms with Gasteiger partial charge in [-0.3, -0.25) is 4.18 Å². The van der Waals surface area contributed by atoms with Crippen LogP contribution in [-0.4, -0.2) is 43.9 Å². The molecule has 0 radical (unpaired) electrons. The third-order valence-electron chi connectivity index (χ3n) is 4.36. The predicted molar refractivity (Wildman–Crippen MR) is 100 cm³/mol. The fourth-order valence-electron chi connectivity index (χ4n) is 2.93. The van der Waals surface area contributed by atoms with Crippen molar-refractivity contribution in [1.82, 2.24) is 0 Å². The van der Waals surface area contributed by atoms with E-state index < -0.39 is 34.7 Å². The van der Waals surface area contributed by atoms with Crippen LogP contribution in [0.3, 0.4) is 0 Å². The Kier molecular flexibility index (Phi) is 7.34. The quantitative estimate of drug-likeness (QED) is 0.361. The van der Waals surface area contributed by atoms with Gasteiger partial charge in [0.15, 0.2) is 6.10 Å². The first kappa shape index (κ1) is 21.4. The van der Waals surface area contributed by atoms with Crippen LogP contribution in [0, 0.1) is 0 Å². The molecule has 1 aliphatic rings. The molecule has 0 saturated carbocycles. The van der Waals surface area contributed by atoms with E-state index in [1.54, 1.807) is 0 Å². The maximum Gasteiger partial charge on any atom is 0.335 e. The largest absolute Gasteiger partial charge is 0.726 e. The predicted octanol–water partition coefficient (Wildman–Crippen LogP) is 1.95. The van der Waals surface area contributed by atoms with E-state index in [4.69, 9.17) is 14.2 Å². The van der Waals surface area contributed by atoms with Gasteiger partial charge in [-0.15, -0.1) is 0 Å². The normalized spacial score (nSPS) is 22.2. The second kappa shape index (κ2) is 9.95. The van der Waals surface area contributed by atoms with E-state index in [9.17, 15) is 17.8 Å². The number of carbonyl (C=O) groups excluding carboxylic acids is 1. The molecule has 1 saturated heterocycles. The third-order valence-corrected chi connectivity index (χ3v) is 4.84. The van der Waals surface area contributed by atoms with Crippen molar-refractivity contribution in [3.63, 3.8) is 0 Å². The lowest BCUT2D eigenvalue weighted by atomic mass is 10.0. The fourth-order valence-corrected chi connectivity index (χ4v) is 3.41. The van der Waals surface area contributed by atoms with Crippen LogP contribution in [0.4, 0.5) is 0 Å². The van der Waals surface area contributed by atoms with E-state index in [1.807, 2.05) is 60.7 Å². The van der Waals surface area contributed by atoms with Gasteiger partial charge < -0.3 is 18.8 Å². The maximum atomic E-state index is 12.4. The van der Waals surface area contributed by atoms with Gasteiger partial charge in [0.1, 0.15) is 12.7 Å². The van der Waals surface area contributed by atoms with E-state index in [2.05, 4.69) is 4.18 Å². The average Bonchev–Trinajstić information content (AvgIpc) is 2.71. The van der Waals surface area contributed by atoms with Gasteiger partial charge in [-0.25, -0.2) is 13.2 Å². The SMILES string of the molecule is O=C(OCc1ccccc1)C1C[C@@H](OCc2ccccc2)C(OS(=O)(=O)[O-])CO1. The molecule has 8 nitrogen and oxygen atoms in total. The topological polar surface area (TPSA) is 111 Å². The highest BCUT2D eigenvalue weighted by Crippen LogP contribution is 2.23. The van der Waals surface area contributed by atoms with Gasteiger partial charge >= 0.3 is 5.97 Å². The molecular weight excluding hydrogens is 400 g/mol. The Morgan fingerprint density at radius 2 is 1.55 bits per heavy atom. The summed E-state index contributed by atoms with van der Waals surface area (Å²) in [7, 11) is -4.95. The van der Waals surface area contributed by atoms with Crippen molar-refractivity contribution in [1.29, 1.82) is 0 Å². The molecule has 0 N–H and O–H groups in total. The van der Waals surface area contributed by atoms with Crippen LogP contribution >= 0.6 is 0 Å². The van der Waals surface area contributed by atoms with E-state index >= 15 is 0 Å². The van der Waals surface area contributed by atoms with Crippen molar-refractivity contribution < 1.29 is 36.2 Å². The molecule has 1 fully saturated rings. The van der Waals surface area contributed by atoms with Crippen molar-refractivity contribution in [3.8, 4) is 0 Å². The molecule has 3 atom stereocenters. The van der Waals surface area contributed by atoms with Crippen LogP contribution in [0.2, 0.25) is 0 Å². The molecule has 0 bridgehead atoms. The van der Waals surface area contributed by atoms with Gasteiger partial charge in [0.25, 0.3) is 0 Å². The van der Waals surface area contributed by atoms with Crippen LogP contribution < -0.4 is 0 Å². The summed E-state index contributed by atoms with van der Waals surface area (Å²) in [6.07, 6.45) is -2.92. The van der Waals surface area contributed by atoms with Crippen molar-refractivity contribution in [2.75, 3.05) is 6.61 Å². The summed E-state index contributed by atoms with van der Waals surface area (Å²) in [4.78, 5) is 12.4. The van der Waals surface area contributed by atoms with Gasteiger partial charge in [-0.1, -0.05) is 60.7 Å². The Morgan fingerprint density at radius 3 is 2.14 bits per heavy atom. The zero-order valence-corrected chi connectivity index (χ0v) is 16.3. The Morgan fingerprint density at radius 1 is 0.966 bits per heavy atom. The molecule has 3 rings (SSSR count). The number of hydrogen-bond acceptors (Lipinski definition) is 8. The Labute approximate surface area is 169 Å². The van der Waals surface area contributed by atoms with Crippen LogP contribution in [0.15, 0.2) is 60.7 Å². The van der Waals surface area contributed by atoms with Crippen LogP contribution in [0.5, 0.6) is 0 Å². The maximum absolute atomic E-state index is 12.4. The molecule has 0 aliphatic carbocycles. The summed E-state index contributed by atoms with van der Waals surface area (Å²) >= 11 is 0. The van der Waals surface area contributed by atoms with Crippen molar-refractivity contribution in [2.45, 2.75) is 37.9 Å². The standard InChI is InChI=1S/C20H22O8S/c21-20(27-13-16-9-5-2-6-10-16)18-11-17(19(14-26-18)28-29(22,23)24)25-12-15-7-3-1-4-8-15/h1-10,17-19H,11-14H2,(H,22,23,24)/p-1/t17-,18?,19?/m1/s1. The zero-order chi connectivity index (χ0) is 20.7. The van der Waals surface area contributed by atoms with Crippen LogP contribution in [0.1, 0.15) is 17.5 Å². The lowest BCUT2D eigenvalue weighted by Crippen LogP contribution is -2.48. The monoisotopic (exact) mass is 421 g/mol. The van der Waals surface area contributed by atoms with Gasteiger partial charge in [0, 0.05) is 6.42 Å². The smallest absolute Gasteiger partial charge is 0.335 e. The Bertz CT molecular complexity index is 885. The van der Waals surface area contributed by atoms with Gasteiger partial charge in [-0.05, 0) is 11.1 Å². The summed E-state index contributed by atoms with van der Waals surface area (Å²) in [6, 6.07) is 18.4. The number of rotatable bonds is 8. The molecule has 0 aromatic heterocycles. The molecule has 2 unspecified atom stereocenters. The van der Waals surface area contributed by atoms with Crippen molar-refractivity contribution in [2.24, 2.45) is 0 Å². The van der Waals surface area contributed by atoms with E-state index in [0.717, 1.165) is 11.1 Å². The summed E-state index contributed by atoms with van der Waals surface area (Å²) in [6.45, 7) is -0.0357. The number of ether oxygens (including phenoxy) is 3. The van der Waals surface area contributed by atoms with Gasteiger partial charge in [0.2, 0.25) is 10.4 Å². The minimum Gasteiger partial charge on any atom is -0.726 e. The highest BCUT2D eigenvalue weighted by molar-refractivity contribution is 7.80. The van der Waals surface area contributed by atoms with Crippen LogP contribution in [-0.2, 0) is 46.8 Å². The molecular formula is C20H21O8S-. The third kappa shape index (κ3) is 6.91. The zero-order valence-electron chi connectivity index (χ0n) is 15.5. The molecule has 0 amide bonds. The first-order valence-electron chi connectivity index (χ1n) is 9.02. The fraction of sp³-hybridized carbons (Fsp3) is 0.350. The number of benzene rings is 2. The van der Waals surface area contributed by atoms with Gasteiger partial charge in [-0.2, -0.15) is 0 Å². The van der Waals surface area contributed by atoms with Crippen molar-refractivity contribution in [3.05, 3.63) is 71.8 Å². The second-order valence-electron chi connectivity index (χ2n) is 6.53. The molecule has 156 valence electrons. The van der Waals surface area contributed by atoms with E-state index in [-0.39, 0.29) is 26.2 Å². The summed E-state index contributed by atoms with van der Waals surface area (Å²) in [5.74, 6) is -0.592. The Hall–Kier alpha value is -2.30. The minimum absolute atomic E-state index is 0.000638. The first-order chi connectivity index (χ1) is 13.9. The number of hydrogen-bond donors (Lipinski definition) is 0. The summed E-state index contributed by atoms with van der Waals surface area (Å²) in [5.41, 5.74) is 1.68. The lowest BCUT2D eigenvalue weighted by Gasteiger charge is -2.35. The highest BCUT2D eigenvalue weighted by Gasteiger charge is 2.38. The average molecular weight is 421 g/mol. The van der Waals surface area contributed by atoms with E-state index in [0.29, 0.717) is 0 Å². The van der Waals surface area contributed by atoms with Gasteiger partial charge in [0.05, 0.1) is 19.3 Å². The number of carbonyl (C=O) groups is 1. The number of esters is 1. The summed E-state index contributed by atoms with van der Waals surface area (Å²) in [5, 5.41) is 0. The molecule has 2 aromatic rings. The molecule has 1 aliphatic heterocycles.